The Bertz CT molecular complexity index is 845. The second-order valence-corrected chi connectivity index (χ2v) is 10.3. The summed E-state index contributed by atoms with van der Waals surface area (Å²) in [6.07, 6.45) is -0.548. The third kappa shape index (κ3) is 15.7. The number of carbonyl (C=O) groups excluding carboxylic acids is 4. The first kappa shape index (κ1) is 30.9. The van der Waals surface area contributed by atoms with Crippen molar-refractivity contribution in [1.29, 1.82) is 0 Å². The SMILES string of the molecule is CC(C)(C)OC(=O)CC[C@H](NC(=O)OC(C)(C)C)C(=O)NCCNCCC(=O)OCc1ccccc1. The Morgan fingerprint density at radius 1 is 0.806 bits per heavy atom. The first-order chi connectivity index (χ1) is 16.7. The zero-order valence-corrected chi connectivity index (χ0v) is 22.3. The number of amides is 2. The van der Waals surface area contributed by atoms with Gasteiger partial charge in [0.05, 0.1) is 6.42 Å². The molecule has 0 bridgehead atoms. The number of hydrogen-bond donors (Lipinski definition) is 3. The van der Waals surface area contributed by atoms with Gasteiger partial charge in [-0.05, 0) is 53.5 Å². The summed E-state index contributed by atoms with van der Waals surface area (Å²) in [5.41, 5.74) is -0.460. The van der Waals surface area contributed by atoms with Gasteiger partial charge in [0.25, 0.3) is 0 Å². The molecule has 202 valence electrons. The van der Waals surface area contributed by atoms with Crippen LogP contribution in [-0.2, 0) is 35.2 Å². The van der Waals surface area contributed by atoms with Crippen molar-refractivity contribution in [3.8, 4) is 0 Å². The Hall–Kier alpha value is -3.14. The second kappa shape index (κ2) is 15.1. The van der Waals surface area contributed by atoms with Crippen LogP contribution >= 0.6 is 0 Å². The predicted molar refractivity (Wildman–Crippen MR) is 135 cm³/mol. The van der Waals surface area contributed by atoms with Gasteiger partial charge in [-0.15, -0.1) is 0 Å². The first-order valence-corrected chi connectivity index (χ1v) is 12.1. The summed E-state index contributed by atoms with van der Waals surface area (Å²) in [6.45, 7) is 11.7. The highest BCUT2D eigenvalue weighted by Gasteiger charge is 2.26. The molecule has 0 saturated heterocycles. The fraction of sp³-hybridized carbons (Fsp3) is 0.615. The van der Waals surface area contributed by atoms with Crippen molar-refractivity contribution in [2.75, 3.05) is 19.6 Å². The zero-order chi connectivity index (χ0) is 27.2. The molecule has 10 nitrogen and oxygen atoms in total. The van der Waals surface area contributed by atoms with Crippen LogP contribution in [-0.4, -0.2) is 60.8 Å². The molecule has 0 unspecified atom stereocenters. The monoisotopic (exact) mass is 507 g/mol. The molecule has 10 heteroatoms. The number of benzene rings is 1. The minimum atomic E-state index is -0.972. The van der Waals surface area contributed by atoms with E-state index in [1.165, 1.54) is 0 Å². The topological polar surface area (TPSA) is 132 Å². The fourth-order valence-electron chi connectivity index (χ4n) is 2.90. The molecule has 0 aliphatic heterocycles. The summed E-state index contributed by atoms with van der Waals surface area (Å²) >= 11 is 0. The molecule has 0 aliphatic rings. The number of ether oxygens (including phenoxy) is 3. The molecule has 3 N–H and O–H groups in total. The van der Waals surface area contributed by atoms with E-state index in [1.54, 1.807) is 41.5 Å². The lowest BCUT2D eigenvalue weighted by molar-refractivity contribution is -0.155. The first-order valence-electron chi connectivity index (χ1n) is 12.1. The van der Waals surface area contributed by atoms with Crippen LogP contribution in [0, 0.1) is 0 Å². The van der Waals surface area contributed by atoms with Crippen LogP contribution in [0.25, 0.3) is 0 Å². The molecular weight excluding hydrogens is 466 g/mol. The molecule has 0 aromatic heterocycles. The van der Waals surface area contributed by atoms with E-state index in [9.17, 15) is 19.2 Å². The Balaban J connectivity index is 2.40. The van der Waals surface area contributed by atoms with E-state index in [2.05, 4.69) is 16.0 Å². The predicted octanol–water partition coefficient (Wildman–Crippen LogP) is 2.84. The van der Waals surface area contributed by atoms with Crippen LogP contribution in [0.3, 0.4) is 0 Å². The molecule has 0 aliphatic carbocycles. The van der Waals surface area contributed by atoms with Gasteiger partial charge in [0, 0.05) is 26.1 Å². The molecular formula is C26H41N3O7. The van der Waals surface area contributed by atoms with Crippen molar-refractivity contribution in [2.24, 2.45) is 0 Å². The van der Waals surface area contributed by atoms with E-state index in [0.29, 0.717) is 13.1 Å². The highest BCUT2D eigenvalue weighted by atomic mass is 16.6. The van der Waals surface area contributed by atoms with Gasteiger partial charge in [-0.2, -0.15) is 0 Å². The minimum absolute atomic E-state index is 0.0471. The molecule has 2 amide bonds. The van der Waals surface area contributed by atoms with E-state index >= 15 is 0 Å². The highest BCUT2D eigenvalue weighted by molar-refractivity contribution is 5.86. The standard InChI is InChI=1S/C26H41N3O7/c1-25(2,3)35-22(31)13-12-20(29-24(33)36-26(4,5)6)23(32)28-17-16-27-15-14-21(30)34-18-19-10-8-7-9-11-19/h7-11,20,27H,12-18H2,1-6H3,(H,28,32)(H,29,33)/t20-/m0/s1. The maximum Gasteiger partial charge on any atom is 0.408 e. The Morgan fingerprint density at radius 3 is 2.06 bits per heavy atom. The summed E-state index contributed by atoms with van der Waals surface area (Å²) in [5.74, 6) is -1.24. The highest BCUT2D eigenvalue weighted by Crippen LogP contribution is 2.11. The van der Waals surface area contributed by atoms with Gasteiger partial charge in [-0.1, -0.05) is 30.3 Å². The van der Waals surface area contributed by atoms with Gasteiger partial charge in [0.2, 0.25) is 5.91 Å². The molecule has 1 rings (SSSR count). The number of alkyl carbamates (subject to hydrolysis) is 1. The van der Waals surface area contributed by atoms with Gasteiger partial charge in [0.1, 0.15) is 23.9 Å². The van der Waals surface area contributed by atoms with E-state index in [1.807, 2.05) is 30.3 Å². The smallest absolute Gasteiger partial charge is 0.408 e. The van der Waals surface area contributed by atoms with Crippen LogP contribution in [0.2, 0.25) is 0 Å². The number of hydrogen-bond acceptors (Lipinski definition) is 8. The molecule has 1 atom stereocenters. The summed E-state index contributed by atoms with van der Waals surface area (Å²) in [6, 6.07) is 8.44. The number of nitrogens with one attached hydrogen (secondary N) is 3. The fourth-order valence-corrected chi connectivity index (χ4v) is 2.90. The average Bonchev–Trinajstić information content (AvgIpc) is 2.75. The zero-order valence-electron chi connectivity index (χ0n) is 22.3. The number of rotatable bonds is 13. The molecule has 1 aromatic carbocycles. The molecule has 0 radical (unpaired) electrons. The van der Waals surface area contributed by atoms with Crippen molar-refractivity contribution in [2.45, 2.75) is 84.7 Å². The molecule has 0 fully saturated rings. The van der Waals surface area contributed by atoms with Crippen LogP contribution in [0.5, 0.6) is 0 Å². The average molecular weight is 508 g/mol. The second-order valence-electron chi connectivity index (χ2n) is 10.3. The van der Waals surface area contributed by atoms with Crippen molar-refractivity contribution >= 4 is 23.9 Å². The molecule has 36 heavy (non-hydrogen) atoms. The normalized spacial score (nSPS) is 12.3. The summed E-state index contributed by atoms with van der Waals surface area (Å²) in [5, 5.41) is 8.30. The third-order valence-corrected chi connectivity index (χ3v) is 4.41. The van der Waals surface area contributed by atoms with E-state index in [4.69, 9.17) is 14.2 Å². The lowest BCUT2D eigenvalue weighted by Crippen LogP contribution is -2.49. The lowest BCUT2D eigenvalue weighted by Gasteiger charge is -2.24. The van der Waals surface area contributed by atoms with Gasteiger partial charge in [-0.25, -0.2) is 4.79 Å². The molecule has 1 aromatic rings. The van der Waals surface area contributed by atoms with Crippen LogP contribution < -0.4 is 16.0 Å². The van der Waals surface area contributed by atoms with Gasteiger partial charge in [0.15, 0.2) is 0 Å². The van der Waals surface area contributed by atoms with Gasteiger partial charge in [-0.3, -0.25) is 14.4 Å². The summed E-state index contributed by atoms with van der Waals surface area (Å²) in [4.78, 5) is 48.8. The van der Waals surface area contributed by atoms with E-state index < -0.39 is 35.2 Å². The number of esters is 2. The van der Waals surface area contributed by atoms with Crippen LogP contribution in [0.1, 0.15) is 66.4 Å². The van der Waals surface area contributed by atoms with Crippen molar-refractivity contribution in [3.63, 3.8) is 0 Å². The van der Waals surface area contributed by atoms with Crippen LogP contribution in [0.15, 0.2) is 30.3 Å². The molecule has 0 spiro atoms. The maximum atomic E-state index is 12.7. The Kier molecular flexibility index (Phi) is 12.9. The van der Waals surface area contributed by atoms with E-state index in [-0.39, 0.29) is 38.4 Å². The Labute approximate surface area is 213 Å². The summed E-state index contributed by atoms with van der Waals surface area (Å²) < 4.78 is 15.7. The maximum absolute atomic E-state index is 12.7. The summed E-state index contributed by atoms with van der Waals surface area (Å²) in [7, 11) is 0. The van der Waals surface area contributed by atoms with Crippen molar-refractivity contribution in [3.05, 3.63) is 35.9 Å². The van der Waals surface area contributed by atoms with Crippen LogP contribution in [0.4, 0.5) is 4.79 Å². The van der Waals surface area contributed by atoms with Crippen molar-refractivity contribution in [1.82, 2.24) is 16.0 Å². The Morgan fingerprint density at radius 2 is 1.44 bits per heavy atom. The van der Waals surface area contributed by atoms with Gasteiger partial charge >= 0.3 is 18.0 Å². The largest absolute Gasteiger partial charge is 0.461 e. The van der Waals surface area contributed by atoms with E-state index in [0.717, 1.165) is 5.56 Å². The van der Waals surface area contributed by atoms with Gasteiger partial charge < -0.3 is 30.2 Å². The number of carbonyl (C=O) groups is 4. The third-order valence-electron chi connectivity index (χ3n) is 4.41. The molecule has 0 heterocycles. The molecule has 0 saturated carbocycles. The quantitative estimate of drug-likeness (QED) is 0.211. The minimum Gasteiger partial charge on any atom is -0.461 e. The van der Waals surface area contributed by atoms with Crippen molar-refractivity contribution < 1.29 is 33.4 Å². The lowest BCUT2D eigenvalue weighted by atomic mass is 10.1.